The highest BCUT2D eigenvalue weighted by molar-refractivity contribution is 6.32. The van der Waals surface area contributed by atoms with Gasteiger partial charge in [0.1, 0.15) is 12.2 Å². The van der Waals surface area contributed by atoms with Crippen molar-refractivity contribution in [3.05, 3.63) is 23.2 Å². The van der Waals surface area contributed by atoms with Gasteiger partial charge in [0.25, 0.3) is 0 Å². The van der Waals surface area contributed by atoms with E-state index >= 15 is 0 Å². The molecule has 1 aromatic carbocycles. The predicted molar refractivity (Wildman–Crippen MR) is 87.4 cm³/mol. The number of ether oxygens (including phenoxy) is 1. The molecule has 7 heteroatoms. The number of carbonyl (C=O) groups excluding carboxylic acids is 2. The van der Waals surface area contributed by atoms with Crippen LogP contribution in [0.5, 0.6) is 5.75 Å². The normalized spacial score (nSPS) is 10.4. The van der Waals surface area contributed by atoms with Gasteiger partial charge in [0.2, 0.25) is 11.8 Å². The number of hydrogen-bond acceptors (Lipinski definition) is 4. The van der Waals surface area contributed by atoms with Gasteiger partial charge in [0.05, 0.1) is 12.1 Å². The number of nitrogens with one attached hydrogen (secondary N) is 2. The van der Waals surface area contributed by atoms with Gasteiger partial charge >= 0.3 is 0 Å². The number of methoxy groups -OCH3 is 1. The van der Waals surface area contributed by atoms with Gasteiger partial charge in [0.15, 0.2) is 0 Å². The van der Waals surface area contributed by atoms with E-state index in [2.05, 4.69) is 10.6 Å². The molecule has 0 unspecified atom stereocenters. The number of nitrogens with zero attached hydrogens (tertiary/aromatic N) is 1. The Balaban J connectivity index is 2.36. The van der Waals surface area contributed by atoms with Crippen molar-refractivity contribution in [3.63, 3.8) is 0 Å². The zero-order chi connectivity index (χ0) is 16.5. The molecule has 0 aliphatic heterocycles. The van der Waals surface area contributed by atoms with Gasteiger partial charge in [0, 0.05) is 12.2 Å². The topological polar surface area (TPSA) is 70.7 Å². The molecule has 0 saturated heterocycles. The van der Waals surface area contributed by atoms with Gasteiger partial charge in [-0.3, -0.25) is 9.59 Å². The Labute approximate surface area is 135 Å². The first kappa shape index (κ1) is 18.3. The van der Waals surface area contributed by atoms with Crippen molar-refractivity contribution in [3.8, 4) is 5.75 Å². The lowest BCUT2D eigenvalue weighted by Gasteiger charge is -2.10. The van der Waals surface area contributed by atoms with Crippen molar-refractivity contribution in [1.29, 1.82) is 0 Å². The number of halogens is 1. The fourth-order valence-corrected chi connectivity index (χ4v) is 2.04. The minimum absolute atomic E-state index is 0.217. The van der Waals surface area contributed by atoms with Crippen molar-refractivity contribution in [2.75, 3.05) is 39.6 Å². The average molecular weight is 328 g/mol. The molecular weight excluding hydrogens is 306 g/mol. The van der Waals surface area contributed by atoms with Gasteiger partial charge in [-0.05, 0) is 45.3 Å². The highest BCUT2D eigenvalue weighted by Gasteiger charge is 2.10. The first-order valence-corrected chi connectivity index (χ1v) is 7.35. The molecule has 0 bridgehead atoms. The third-order valence-corrected chi connectivity index (χ3v) is 3.16. The fraction of sp³-hybridized carbons (Fsp3) is 0.467. The molecule has 2 N–H and O–H groups in total. The molecule has 0 fully saturated rings. The van der Waals surface area contributed by atoms with Gasteiger partial charge in [-0.1, -0.05) is 11.6 Å². The second-order valence-electron chi connectivity index (χ2n) is 5.08. The van der Waals surface area contributed by atoms with E-state index in [-0.39, 0.29) is 18.2 Å². The van der Waals surface area contributed by atoms with E-state index in [1.807, 2.05) is 19.0 Å². The van der Waals surface area contributed by atoms with E-state index in [0.29, 0.717) is 23.0 Å². The van der Waals surface area contributed by atoms with Gasteiger partial charge in [-0.15, -0.1) is 0 Å². The number of rotatable bonds is 8. The number of carbonyl (C=O) groups is 2. The summed E-state index contributed by atoms with van der Waals surface area (Å²) < 4.78 is 5.03. The molecule has 0 saturated carbocycles. The van der Waals surface area contributed by atoms with E-state index in [0.717, 1.165) is 13.0 Å². The van der Waals surface area contributed by atoms with Crippen molar-refractivity contribution in [2.24, 2.45) is 0 Å². The van der Waals surface area contributed by atoms with Crippen LogP contribution in [-0.4, -0.2) is 51.0 Å². The van der Waals surface area contributed by atoms with Crippen LogP contribution in [0.2, 0.25) is 5.02 Å². The van der Waals surface area contributed by atoms with Crippen LogP contribution < -0.4 is 15.4 Å². The summed E-state index contributed by atoms with van der Waals surface area (Å²) >= 11 is 5.97. The minimum atomic E-state index is -0.383. The van der Waals surface area contributed by atoms with Crippen molar-refractivity contribution in [2.45, 2.75) is 12.8 Å². The Kier molecular flexibility index (Phi) is 7.70. The zero-order valence-electron chi connectivity index (χ0n) is 13.1. The molecule has 0 radical (unpaired) electrons. The lowest BCUT2D eigenvalue weighted by Crippen LogP contribution is -2.30. The summed E-state index contributed by atoms with van der Waals surface area (Å²) in [6.45, 7) is 1.44. The summed E-state index contributed by atoms with van der Waals surface area (Å²) in [6, 6.07) is 4.89. The van der Waals surface area contributed by atoms with Gasteiger partial charge in [-0.2, -0.15) is 0 Å². The smallest absolute Gasteiger partial charge is 0.233 e. The van der Waals surface area contributed by atoms with Crippen LogP contribution in [-0.2, 0) is 9.59 Å². The lowest BCUT2D eigenvalue weighted by atomic mass is 10.2. The number of amides is 2. The SMILES string of the molecule is COc1ccc(NC(=O)CC(=O)NCCCN(C)C)cc1Cl. The van der Waals surface area contributed by atoms with Crippen LogP contribution in [0.3, 0.4) is 0 Å². The summed E-state index contributed by atoms with van der Waals surface area (Å²) in [5.74, 6) is -0.152. The molecule has 1 rings (SSSR count). The summed E-state index contributed by atoms with van der Waals surface area (Å²) in [5, 5.41) is 5.73. The Morgan fingerprint density at radius 3 is 2.59 bits per heavy atom. The van der Waals surface area contributed by atoms with Crippen LogP contribution >= 0.6 is 11.6 Å². The van der Waals surface area contributed by atoms with Crippen molar-refractivity contribution >= 4 is 29.1 Å². The minimum Gasteiger partial charge on any atom is -0.495 e. The fourth-order valence-electron chi connectivity index (χ4n) is 1.78. The van der Waals surface area contributed by atoms with E-state index in [9.17, 15) is 9.59 Å². The van der Waals surface area contributed by atoms with E-state index < -0.39 is 0 Å². The molecular formula is C15H22ClN3O3. The van der Waals surface area contributed by atoms with Crippen LogP contribution in [0.15, 0.2) is 18.2 Å². The van der Waals surface area contributed by atoms with Crippen LogP contribution in [0.4, 0.5) is 5.69 Å². The monoisotopic (exact) mass is 327 g/mol. The average Bonchev–Trinajstić information content (AvgIpc) is 2.43. The lowest BCUT2D eigenvalue weighted by molar-refractivity contribution is -0.126. The molecule has 6 nitrogen and oxygen atoms in total. The maximum Gasteiger partial charge on any atom is 0.233 e. The molecule has 0 atom stereocenters. The molecule has 0 aliphatic rings. The molecule has 1 aromatic rings. The molecule has 0 aliphatic carbocycles. The quantitative estimate of drug-likeness (QED) is 0.563. The zero-order valence-corrected chi connectivity index (χ0v) is 13.9. The maximum atomic E-state index is 11.8. The molecule has 2 amide bonds. The van der Waals surface area contributed by atoms with Crippen molar-refractivity contribution < 1.29 is 14.3 Å². The summed E-state index contributed by atoms with van der Waals surface area (Å²) in [4.78, 5) is 25.4. The number of anilines is 1. The third-order valence-electron chi connectivity index (χ3n) is 2.86. The van der Waals surface area contributed by atoms with Crippen LogP contribution in [0.25, 0.3) is 0 Å². The Morgan fingerprint density at radius 1 is 1.27 bits per heavy atom. The summed E-state index contributed by atoms with van der Waals surface area (Å²) in [6.07, 6.45) is 0.625. The van der Waals surface area contributed by atoms with E-state index in [1.54, 1.807) is 18.2 Å². The molecule has 122 valence electrons. The molecule has 22 heavy (non-hydrogen) atoms. The standard InChI is InChI=1S/C15H22ClN3O3/c1-19(2)8-4-7-17-14(20)10-15(21)18-11-5-6-13(22-3)12(16)9-11/h5-6,9H,4,7-8,10H2,1-3H3,(H,17,20)(H,18,21). The number of benzene rings is 1. The van der Waals surface area contributed by atoms with Gasteiger partial charge in [-0.25, -0.2) is 0 Å². The Hall–Kier alpha value is -1.79. The third kappa shape index (κ3) is 6.78. The maximum absolute atomic E-state index is 11.8. The van der Waals surface area contributed by atoms with Crippen molar-refractivity contribution in [1.82, 2.24) is 10.2 Å². The Bertz CT molecular complexity index is 521. The largest absolute Gasteiger partial charge is 0.495 e. The van der Waals surface area contributed by atoms with E-state index in [1.165, 1.54) is 7.11 Å². The highest BCUT2D eigenvalue weighted by atomic mass is 35.5. The van der Waals surface area contributed by atoms with Gasteiger partial charge < -0.3 is 20.3 Å². The summed E-state index contributed by atoms with van der Waals surface area (Å²) in [7, 11) is 5.45. The predicted octanol–water partition coefficient (Wildman–Crippen LogP) is 1.75. The second kappa shape index (κ2) is 9.27. The first-order valence-electron chi connectivity index (χ1n) is 6.97. The molecule has 0 aromatic heterocycles. The number of hydrogen-bond donors (Lipinski definition) is 2. The Morgan fingerprint density at radius 2 is 2.00 bits per heavy atom. The first-order chi connectivity index (χ1) is 10.4. The van der Waals surface area contributed by atoms with E-state index in [4.69, 9.17) is 16.3 Å². The highest BCUT2D eigenvalue weighted by Crippen LogP contribution is 2.27. The van der Waals surface area contributed by atoms with Crippen LogP contribution in [0.1, 0.15) is 12.8 Å². The molecule has 0 heterocycles. The summed E-state index contributed by atoms with van der Waals surface area (Å²) in [5.41, 5.74) is 0.524. The van der Waals surface area contributed by atoms with Crippen LogP contribution in [0, 0.1) is 0 Å². The molecule has 0 spiro atoms. The second-order valence-corrected chi connectivity index (χ2v) is 5.49.